The first-order valence-corrected chi connectivity index (χ1v) is 12.7. The van der Waals surface area contributed by atoms with Crippen LogP contribution in [0.5, 0.6) is 5.75 Å². The molecule has 1 aromatic heterocycles. The molecule has 1 fully saturated rings. The maximum atomic E-state index is 10.7. The van der Waals surface area contributed by atoms with Crippen LogP contribution in [0.1, 0.15) is 44.7 Å². The molecule has 0 aliphatic heterocycles. The summed E-state index contributed by atoms with van der Waals surface area (Å²) in [5, 5.41) is 14.0. The first kappa shape index (κ1) is 25.0. The van der Waals surface area contributed by atoms with Gasteiger partial charge in [0.25, 0.3) is 0 Å². The molecule has 1 saturated carbocycles. The van der Waals surface area contributed by atoms with Gasteiger partial charge in [0, 0.05) is 23.4 Å². The van der Waals surface area contributed by atoms with E-state index in [9.17, 15) is 4.79 Å². The molecular weight excluding hydrogens is 440 g/mol. The third-order valence-corrected chi connectivity index (χ3v) is 6.95. The summed E-state index contributed by atoms with van der Waals surface area (Å²) >= 11 is 0. The zero-order chi connectivity index (χ0) is 24.6. The molecule has 0 spiro atoms. The molecule has 35 heavy (non-hydrogen) atoms. The predicted octanol–water partition coefficient (Wildman–Crippen LogP) is 6.09. The number of methoxy groups -OCH3 is 1. The minimum absolute atomic E-state index is 0.204. The molecule has 186 valence electrons. The predicted molar refractivity (Wildman–Crippen MR) is 138 cm³/mol. The molecular formula is C29H36N2O4. The maximum absolute atomic E-state index is 10.7. The van der Waals surface area contributed by atoms with E-state index in [0.717, 1.165) is 62.1 Å². The van der Waals surface area contributed by atoms with E-state index in [2.05, 4.69) is 54.1 Å². The Morgan fingerprint density at radius 1 is 1.00 bits per heavy atom. The molecule has 1 N–H and O–H groups in total. The molecule has 0 saturated heterocycles. The molecule has 4 rings (SSSR count). The minimum atomic E-state index is -0.900. The summed E-state index contributed by atoms with van der Waals surface area (Å²) in [6.45, 7) is 3.47. The summed E-state index contributed by atoms with van der Waals surface area (Å²) in [7, 11) is 1.69. The quantitative estimate of drug-likeness (QED) is 0.363. The van der Waals surface area contributed by atoms with Gasteiger partial charge in [-0.15, -0.1) is 0 Å². The van der Waals surface area contributed by atoms with Gasteiger partial charge in [-0.05, 0) is 73.8 Å². The van der Waals surface area contributed by atoms with Crippen LogP contribution < -0.4 is 4.74 Å². The monoisotopic (exact) mass is 476 g/mol. The number of rotatable bonds is 11. The lowest BCUT2D eigenvalue weighted by molar-refractivity contribution is -0.142. The van der Waals surface area contributed by atoms with Crippen LogP contribution in [-0.2, 0) is 22.5 Å². The summed E-state index contributed by atoms with van der Waals surface area (Å²) < 4.78 is 13.0. The van der Waals surface area contributed by atoms with E-state index >= 15 is 0 Å². The number of aromatic nitrogens is 2. The Balaban J connectivity index is 1.58. The Kier molecular flexibility index (Phi) is 8.59. The van der Waals surface area contributed by atoms with Crippen LogP contribution >= 0.6 is 0 Å². The van der Waals surface area contributed by atoms with E-state index in [1.165, 1.54) is 16.8 Å². The topological polar surface area (TPSA) is 73.6 Å². The third kappa shape index (κ3) is 6.31. The van der Waals surface area contributed by atoms with Crippen LogP contribution in [0.3, 0.4) is 0 Å². The van der Waals surface area contributed by atoms with Crippen LogP contribution in [0.15, 0.2) is 54.6 Å². The molecule has 1 aliphatic carbocycles. The number of aliphatic carboxylic acids is 1. The summed E-state index contributed by atoms with van der Waals surface area (Å²) in [6, 6.07) is 18.8. The van der Waals surface area contributed by atoms with Crippen LogP contribution in [0, 0.1) is 11.8 Å². The number of carboxylic acids is 1. The van der Waals surface area contributed by atoms with Crippen molar-refractivity contribution in [1.82, 2.24) is 9.78 Å². The van der Waals surface area contributed by atoms with Gasteiger partial charge in [-0.2, -0.15) is 5.10 Å². The normalized spacial score (nSPS) is 17.9. The molecule has 0 unspecified atom stereocenters. The zero-order valence-corrected chi connectivity index (χ0v) is 20.8. The van der Waals surface area contributed by atoms with E-state index < -0.39 is 5.97 Å². The highest BCUT2D eigenvalue weighted by molar-refractivity contribution is 5.83. The van der Waals surface area contributed by atoms with Crippen molar-refractivity contribution in [3.8, 4) is 28.1 Å². The fourth-order valence-electron chi connectivity index (χ4n) is 5.14. The lowest BCUT2D eigenvalue weighted by Crippen LogP contribution is -2.23. The van der Waals surface area contributed by atoms with Crippen molar-refractivity contribution in [2.75, 3.05) is 20.3 Å². The van der Waals surface area contributed by atoms with Gasteiger partial charge in [-0.1, -0.05) is 43.7 Å². The van der Waals surface area contributed by atoms with Gasteiger partial charge in [0.15, 0.2) is 0 Å². The second-order valence-corrected chi connectivity index (χ2v) is 9.49. The Hall–Kier alpha value is -3.12. The summed E-state index contributed by atoms with van der Waals surface area (Å²) in [5.74, 6) is 0.955. The van der Waals surface area contributed by atoms with Crippen LogP contribution in [0.25, 0.3) is 22.4 Å². The molecule has 6 nitrogen and oxygen atoms in total. The van der Waals surface area contributed by atoms with E-state index in [0.29, 0.717) is 18.4 Å². The van der Waals surface area contributed by atoms with Gasteiger partial charge >= 0.3 is 5.97 Å². The number of carboxylic acid groups (broad SMARTS) is 1. The SMILES string of the molecule is CCCc1c(-c2ccccc2)c(-c2ccc(OC)cc2)nn1CC1CCC(COCC(=O)O)CC1. The van der Waals surface area contributed by atoms with Crippen molar-refractivity contribution in [2.45, 2.75) is 52.0 Å². The highest BCUT2D eigenvalue weighted by Gasteiger charge is 2.25. The number of carbonyl (C=O) groups is 1. The van der Waals surface area contributed by atoms with Crippen molar-refractivity contribution in [3.05, 3.63) is 60.3 Å². The van der Waals surface area contributed by atoms with Gasteiger partial charge in [-0.25, -0.2) is 4.79 Å². The van der Waals surface area contributed by atoms with E-state index in [1.54, 1.807) is 7.11 Å². The summed E-state index contributed by atoms with van der Waals surface area (Å²) in [4.78, 5) is 10.7. The Morgan fingerprint density at radius 2 is 1.69 bits per heavy atom. The van der Waals surface area contributed by atoms with Crippen molar-refractivity contribution >= 4 is 5.97 Å². The van der Waals surface area contributed by atoms with Crippen LogP contribution in [0.4, 0.5) is 0 Å². The summed E-state index contributed by atoms with van der Waals surface area (Å²) in [5.41, 5.74) is 5.86. The molecule has 1 heterocycles. The highest BCUT2D eigenvalue weighted by atomic mass is 16.5. The minimum Gasteiger partial charge on any atom is -0.497 e. The molecule has 2 aromatic carbocycles. The maximum Gasteiger partial charge on any atom is 0.329 e. The Labute approximate surface area is 207 Å². The molecule has 0 amide bonds. The lowest BCUT2D eigenvalue weighted by atomic mass is 9.82. The van der Waals surface area contributed by atoms with Crippen molar-refractivity contribution in [2.24, 2.45) is 11.8 Å². The van der Waals surface area contributed by atoms with Gasteiger partial charge < -0.3 is 14.6 Å². The van der Waals surface area contributed by atoms with Crippen molar-refractivity contribution < 1.29 is 19.4 Å². The molecule has 0 bridgehead atoms. The first-order valence-electron chi connectivity index (χ1n) is 12.7. The average molecular weight is 477 g/mol. The lowest BCUT2D eigenvalue weighted by Gasteiger charge is -2.28. The second kappa shape index (κ2) is 12.0. The number of hydrogen-bond acceptors (Lipinski definition) is 4. The molecule has 3 aromatic rings. The van der Waals surface area contributed by atoms with Crippen molar-refractivity contribution in [3.63, 3.8) is 0 Å². The van der Waals surface area contributed by atoms with E-state index in [-0.39, 0.29) is 6.61 Å². The van der Waals surface area contributed by atoms with Gasteiger partial charge in [0.1, 0.15) is 18.1 Å². The molecule has 6 heteroatoms. The number of ether oxygens (including phenoxy) is 2. The molecule has 0 atom stereocenters. The van der Waals surface area contributed by atoms with Gasteiger partial charge in [0.05, 0.1) is 13.7 Å². The van der Waals surface area contributed by atoms with Gasteiger partial charge in [-0.3, -0.25) is 4.68 Å². The second-order valence-electron chi connectivity index (χ2n) is 9.49. The van der Waals surface area contributed by atoms with E-state index in [4.69, 9.17) is 19.7 Å². The molecule has 1 aliphatic rings. The van der Waals surface area contributed by atoms with Crippen molar-refractivity contribution in [1.29, 1.82) is 0 Å². The Morgan fingerprint density at radius 3 is 2.31 bits per heavy atom. The smallest absolute Gasteiger partial charge is 0.329 e. The zero-order valence-electron chi connectivity index (χ0n) is 20.8. The summed E-state index contributed by atoms with van der Waals surface area (Å²) in [6.07, 6.45) is 6.42. The third-order valence-electron chi connectivity index (χ3n) is 6.95. The number of nitrogens with zero attached hydrogens (tertiary/aromatic N) is 2. The Bertz CT molecular complexity index is 1080. The highest BCUT2D eigenvalue weighted by Crippen LogP contribution is 2.37. The average Bonchev–Trinajstić information content (AvgIpc) is 3.23. The molecule has 0 radical (unpaired) electrons. The van der Waals surface area contributed by atoms with Crippen LogP contribution in [-0.4, -0.2) is 41.2 Å². The standard InChI is InChI=1S/C29H36N2O4/c1-3-7-26-28(23-8-5-4-6-9-23)29(24-14-16-25(34-2)17-15-24)30-31(26)18-21-10-12-22(13-11-21)19-35-20-27(32)33/h4-6,8-9,14-17,21-22H,3,7,10-13,18-20H2,1-2H3,(H,32,33). The first-order chi connectivity index (χ1) is 17.1. The fourth-order valence-corrected chi connectivity index (χ4v) is 5.14. The number of benzene rings is 2. The fraction of sp³-hybridized carbons (Fsp3) is 0.448. The van der Waals surface area contributed by atoms with E-state index in [1.807, 2.05) is 12.1 Å². The largest absolute Gasteiger partial charge is 0.497 e. The number of hydrogen-bond donors (Lipinski definition) is 1. The van der Waals surface area contributed by atoms with Crippen LogP contribution in [0.2, 0.25) is 0 Å². The van der Waals surface area contributed by atoms with Gasteiger partial charge in [0.2, 0.25) is 0 Å².